The summed E-state index contributed by atoms with van der Waals surface area (Å²) < 4.78 is 0. The lowest BCUT2D eigenvalue weighted by Crippen LogP contribution is -2.01. The minimum Gasteiger partial charge on any atom is -0.174 e. The monoisotopic (exact) mass is 330 g/mol. The second-order valence-electron chi connectivity index (χ2n) is 3.17. The highest BCUT2D eigenvalue weighted by Gasteiger charge is 2.18. The molecule has 0 bridgehead atoms. The van der Waals surface area contributed by atoms with E-state index >= 15 is 0 Å². The lowest BCUT2D eigenvalue weighted by Gasteiger charge is -2.18. The van der Waals surface area contributed by atoms with E-state index in [0.717, 1.165) is 22.3 Å². The number of hydrogen-bond donors (Lipinski definition) is 4. The molecule has 1 aromatic carbocycles. The summed E-state index contributed by atoms with van der Waals surface area (Å²) in [5, 5.41) is 1.39. The van der Waals surface area contributed by atoms with Crippen LogP contribution in [0.4, 0.5) is 0 Å². The molecule has 1 rings (SSSR count). The van der Waals surface area contributed by atoms with Crippen LogP contribution >= 0.6 is 73.7 Å². The van der Waals surface area contributed by atoms with Crippen LogP contribution in [0.3, 0.4) is 0 Å². The van der Waals surface area contributed by atoms with Gasteiger partial charge in [-0.05, 0) is 22.3 Å². The van der Waals surface area contributed by atoms with Crippen molar-refractivity contribution in [2.24, 2.45) is 0 Å². The smallest absolute Gasteiger partial charge is 0.0493 e. The Morgan fingerprint density at radius 1 is 0.562 bits per heavy atom. The zero-order chi connectivity index (χ0) is 12.3. The second kappa shape index (κ2) is 6.95. The van der Waals surface area contributed by atoms with E-state index in [9.17, 15) is 0 Å². The highest BCUT2D eigenvalue weighted by Crippen LogP contribution is 2.38. The third-order valence-corrected chi connectivity index (χ3v) is 4.60. The number of hydrogen-bond acceptors (Lipinski definition) is 4. The van der Waals surface area contributed by atoms with E-state index in [1.165, 1.54) is 0 Å². The Kier molecular flexibility index (Phi) is 6.63. The Bertz CT molecular complexity index is 323. The fraction of sp³-hybridized carbons (Fsp3) is 0.400. The van der Waals surface area contributed by atoms with Crippen LogP contribution in [0.15, 0.2) is 0 Å². The minimum absolute atomic E-state index is 0.544. The molecule has 0 saturated heterocycles. The predicted molar refractivity (Wildman–Crippen MR) is 87.2 cm³/mol. The van der Waals surface area contributed by atoms with Gasteiger partial charge in [-0.3, -0.25) is 0 Å². The highest BCUT2D eigenvalue weighted by molar-refractivity contribution is 7.80. The van der Waals surface area contributed by atoms with Crippen molar-refractivity contribution in [1.82, 2.24) is 0 Å². The molecular weight excluding hydrogens is 319 g/mol. The molecule has 0 amide bonds. The molecule has 0 aliphatic rings. The molecule has 0 spiro atoms. The summed E-state index contributed by atoms with van der Waals surface area (Å²) in [7, 11) is 0. The highest BCUT2D eigenvalue weighted by atomic mass is 35.5. The van der Waals surface area contributed by atoms with Crippen molar-refractivity contribution < 1.29 is 0 Å². The maximum Gasteiger partial charge on any atom is 0.0493 e. The molecule has 0 aliphatic carbocycles. The van der Waals surface area contributed by atoms with Gasteiger partial charge < -0.3 is 0 Å². The van der Waals surface area contributed by atoms with Crippen LogP contribution in [0.1, 0.15) is 22.3 Å². The first kappa shape index (κ1) is 15.3. The third-order valence-electron chi connectivity index (χ3n) is 2.42. The van der Waals surface area contributed by atoms with E-state index in [2.05, 4.69) is 50.5 Å². The van der Waals surface area contributed by atoms with Gasteiger partial charge in [-0.1, -0.05) is 23.2 Å². The zero-order valence-electron chi connectivity index (χ0n) is 8.37. The molecule has 0 heterocycles. The molecule has 0 atom stereocenters. The number of rotatable bonds is 4. The summed E-state index contributed by atoms with van der Waals surface area (Å²) in [4.78, 5) is 0. The van der Waals surface area contributed by atoms with Crippen molar-refractivity contribution in [3.8, 4) is 0 Å². The summed E-state index contributed by atoms with van der Waals surface area (Å²) in [5.41, 5.74) is 3.78. The lowest BCUT2D eigenvalue weighted by molar-refractivity contribution is 1.20. The molecule has 90 valence electrons. The summed E-state index contributed by atoms with van der Waals surface area (Å²) >= 11 is 29.8. The van der Waals surface area contributed by atoms with Crippen molar-refractivity contribution in [3.63, 3.8) is 0 Å². The number of halogens is 2. The second-order valence-corrected chi connectivity index (χ2v) is 5.20. The largest absolute Gasteiger partial charge is 0.174 e. The topological polar surface area (TPSA) is 0 Å². The molecule has 6 heteroatoms. The van der Waals surface area contributed by atoms with Crippen LogP contribution in [0.5, 0.6) is 0 Å². The molecule has 0 unspecified atom stereocenters. The van der Waals surface area contributed by atoms with Crippen molar-refractivity contribution in [1.29, 1.82) is 0 Å². The molecule has 0 aliphatic heterocycles. The SMILES string of the molecule is SCc1c(Cl)c(CS)c(CS)c(Cl)c1CS. The van der Waals surface area contributed by atoms with Gasteiger partial charge in [0.15, 0.2) is 0 Å². The molecule has 0 aromatic heterocycles. The van der Waals surface area contributed by atoms with Gasteiger partial charge in [-0.25, -0.2) is 0 Å². The first-order valence-electron chi connectivity index (χ1n) is 4.56. The molecule has 0 N–H and O–H groups in total. The van der Waals surface area contributed by atoms with E-state index in [4.69, 9.17) is 23.2 Å². The predicted octanol–water partition coefficient (Wildman–Crippen LogP) is 4.71. The van der Waals surface area contributed by atoms with Gasteiger partial charge in [0, 0.05) is 33.1 Å². The minimum atomic E-state index is 0.544. The van der Waals surface area contributed by atoms with E-state index in [1.54, 1.807) is 0 Å². The van der Waals surface area contributed by atoms with Crippen molar-refractivity contribution in [2.75, 3.05) is 0 Å². The quantitative estimate of drug-likeness (QED) is 0.564. The van der Waals surface area contributed by atoms with Crippen molar-refractivity contribution in [3.05, 3.63) is 32.3 Å². The van der Waals surface area contributed by atoms with Crippen molar-refractivity contribution in [2.45, 2.75) is 23.0 Å². The lowest BCUT2D eigenvalue weighted by atomic mass is 10.0. The average Bonchev–Trinajstić information content (AvgIpc) is 2.30. The molecule has 16 heavy (non-hydrogen) atoms. The molecular formula is C10H12Cl2S4. The molecule has 0 saturated carbocycles. The Labute approximate surface area is 128 Å². The van der Waals surface area contributed by atoms with E-state index in [0.29, 0.717) is 33.1 Å². The fourth-order valence-corrected chi connectivity index (χ4v) is 4.05. The van der Waals surface area contributed by atoms with Gasteiger partial charge in [-0.2, -0.15) is 50.5 Å². The van der Waals surface area contributed by atoms with E-state index in [1.807, 2.05) is 0 Å². The van der Waals surface area contributed by atoms with Gasteiger partial charge in [0.1, 0.15) is 0 Å². The standard InChI is InChI=1S/C10H12Cl2S4/c11-9-5(1-13)6(2-14)10(12)8(4-16)7(9)3-15/h13-16H,1-4H2. The van der Waals surface area contributed by atoms with E-state index in [-0.39, 0.29) is 0 Å². The molecule has 0 radical (unpaired) electrons. The molecule has 1 aromatic rings. The van der Waals surface area contributed by atoms with E-state index < -0.39 is 0 Å². The Morgan fingerprint density at radius 2 is 0.750 bits per heavy atom. The van der Waals surface area contributed by atoms with Crippen LogP contribution in [0.25, 0.3) is 0 Å². The summed E-state index contributed by atoms with van der Waals surface area (Å²) in [6.45, 7) is 0. The molecule has 0 nitrogen and oxygen atoms in total. The normalized spacial score (nSPS) is 10.9. The van der Waals surface area contributed by atoms with Gasteiger partial charge >= 0.3 is 0 Å². The Morgan fingerprint density at radius 3 is 0.875 bits per heavy atom. The van der Waals surface area contributed by atoms with Crippen LogP contribution in [0.2, 0.25) is 10.0 Å². The van der Waals surface area contributed by atoms with Gasteiger partial charge in [-0.15, -0.1) is 0 Å². The Balaban J connectivity index is 3.60. The van der Waals surface area contributed by atoms with Crippen LogP contribution in [-0.4, -0.2) is 0 Å². The first-order chi connectivity index (χ1) is 7.62. The summed E-state index contributed by atoms with van der Waals surface area (Å²) in [6.07, 6.45) is 0. The van der Waals surface area contributed by atoms with Crippen LogP contribution < -0.4 is 0 Å². The maximum absolute atomic E-state index is 6.32. The van der Waals surface area contributed by atoms with Gasteiger partial charge in [0.25, 0.3) is 0 Å². The van der Waals surface area contributed by atoms with Crippen LogP contribution in [0, 0.1) is 0 Å². The first-order valence-corrected chi connectivity index (χ1v) is 7.84. The molecule has 0 fully saturated rings. The van der Waals surface area contributed by atoms with Gasteiger partial charge in [0.05, 0.1) is 0 Å². The average molecular weight is 331 g/mol. The summed E-state index contributed by atoms with van der Waals surface area (Å²) in [5.74, 6) is 2.17. The third kappa shape index (κ3) is 2.78. The zero-order valence-corrected chi connectivity index (χ0v) is 13.5. The summed E-state index contributed by atoms with van der Waals surface area (Å²) in [6, 6.07) is 0. The van der Waals surface area contributed by atoms with Crippen molar-refractivity contribution >= 4 is 73.7 Å². The van der Waals surface area contributed by atoms with Gasteiger partial charge in [0.2, 0.25) is 0 Å². The number of benzene rings is 1. The Hall–Kier alpha value is 1.20. The maximum atomic E-state index is 6.32. The number of thiol groups is 4. The van der Waals surface area contributed by atoms with Crippen LogP contribution in [-0.2, 0) is 23.0 Å². The fourth-order valence-electron chi connectivity index (χ4n) is 1.55.